The second-order valence-corrected chi connectivity index (χ2v) is 4.95. The number of carbonyl (C=O) groups is 2. The van der Waals surface area contributed by atoms with E-state index in [9.17, 15) is 0 Å². The first-order valence-electron chi connectivity index (χ1n) is 6.15. The highest BCUT2D eigenvalue weighted by atomic mass is 16.4. The first-order chi connectivity index (χ1) is 7.93. The van der Waals surface area contributed by atoms with Crippen LogP contribution in [0.3, 0.4) is 0 Å². The van der Waals surface area contributed by atoms with Crippen LogP contribution in [0.25, 0.3) is 0 Å². The zero-order chi connectivity index (χ0) is 15.5. The molecule has 0 saturated carbocycles. The normalized spacial score (nSPS) is 9.26. The van der Waals surface area contributed by atoms with Crippen molar-refractivity contribution in [2.24, 2.45) is 0 Å². The lowest BCUT2D eigenvalue weighted by molar-refractivity contribution is -0.962. The Morgan fingerprint density at radius 2 is 0.842 bits per heavy atom. The first-order valence-corrected chi connectivity index (χ1v) is 6.15. The van der Waals surface area contributed by atoms with E-state index in [2.05, 4.69) is 41.5 Å². The van der Waals surface area contributed by atoms with Crippen molar-refractivity contribution in [1.29, 1.82) is 0 Å². The lowest BCUT2D eigenvalue weighted by atomic mass is 10.2. The standard InChI is InChI=1S/C9H21N.2C2H4O2.H3N/c1-7(2)10(8(3)4)9(5)6;2*1-2(3)4;/h7-9H,1-6H3;2*1H3,(H,3,4);1H3. The largest absolute Gasteiger partial charge is 0.550 e. The van der Waals surface area contributed by atoms with Crippen molar-refractivity contribution in [2.45, 2.75) is 73.5 Å². The highest BCUT2D eigenvalue weighted by molar-refractivity contribution is 5.60. The van der Waals surface area contributed by atoms with Crippen LogP contribution in [0, 0.1) is 0 Å². The summed E-state index contributed by atoms with van der Waals surface area (Å²) in [6, 6.07) is 2.25. The zero-order valence-corrected chi connectivity index (χ0v) is 13.9. The number of carbonyl (C=O) groups excluding carboxylic acids is 2. The van der Waals surface area contributed by atoms with Crippen molar-refractivity contribution >= 4 is 11.9 Å². The number of hydrogen-bond acceptors (Lipinski definition) is 4. The average Bonchev–Trinajstić information content (AvgIpc) is 1.96. The van der Waals surface area contributed by atoms with E-state index in [0.29, 0.717) is 0 Å². The average molecular weight is 280 g/mol. The maximum atomic E-state index is 8.89. The van der Waals surface area contributed by atoms with Gasteiger partial charge in [-0.05, 0) is 55.4 Å². The molecule has 0 radical (unpaired) electrons. The van der Waals surface area contributed by atoms with Crippen LogP contribution in [0.4, 0.5) is 0 Å². The van der Waals surface area contributed by atoms with Gasteiger partial charge in [-0.2, -0.15) is 0 Å². The summed E-state index contributed by atoms with van der Waals surface area (Å²) in [6.07, 6.45) is 0. The van der Waals surface area contributed by atoms with E-state index < -0.39 is 11.9 Å². The molecule has 0 rings (SSSR count). The van der Waals surface area contributed by atoms with Crippen LogP contribution < -0.4 is 21.3 Å². The highest BCUT2D eigenvalue weighted by Gasteiger charge is 2.19. The molecule has 0 aromatic rings. The fourth-order valence-electron chi connectivity index (χ4n) is 2.00. The molecule has 118 valence electrons. The van der Waals surface area contributed by atoms with Crippen LogP contribution in [0.1, 0.15) is 55.4 Å². The molecule has 19 heavy (non-hydrogen) atoms. The van der Waals surface area contributed by atoms with Gasteiger partial charge in [-0.1, -0.05) is 0 Å². The van der Waals surface area contributed by atoms with E-state index >= 15 is 0 Å². The van der Waals surface area contributed by atoms with Gasteiger partial charge in [0, 0.05) is 11.9 Å². The third kappa shape index (κ3) is 31.6. The molecule has 0 unspecified atom stereocenters. The van der Waals surface area contributed by atoms with Crippen molar-refractivity contribution in [1.82, 2.24) is 6.15 Å². The lowest BCUT2D eigenvalue weighted by Crippen LogP contribution is -3.20. The van der Waals surface area contributed by atoms with Crippen LogP contribution in [-0.4, -0.2) is 30.1 Å². The Bertz CT molecular complexity index is 190. The number of carboxylic acids is 2. The molecule has 0 aromatic heterocycles. The van der Waals surface area contributed by atoms with Gasteiger partial charge in [0.15, 0.2) is 0 Å². The fourth-order valence-corrected chi connectivity index (χ4v) is 2.00. The summed E-state index contributed by atoms with van der Waals surface area (Å²) in [4.78, 5) is 19.5. The summed E-state index contributed by atoms with van der Waals surface area (Å²) in [5, 5.41) is 17.8. The number of quaternary nitrogens is 2. The van der Waals surface area contributed by atoms with Crippen LogP contribution >= 0.6 is 0 Å². The molecule has 0 atom stereocenters. The Hall–Kier alpha value is -1.14. The van der Waals surface area contributed by atoms with E-state index in [0.717, 1.165) is 32.0 Å². The summed E-state index contributed by atoms with van der Waals surface area (Å²) in [6.45, 7) is 15.7. The lowest BCUT2D eigenvalue weighted by Gasteiger charge is -2.31. The van der Waals surface area contributed by atoms with Crippen LogP contribution in [0.15, 0.2) is 0 Å². The van der Waals surface area contributed by atoms with Crippen molar-refractivity contribution in [3.05, 3.63) is 0 Å². The molecule has 0 heterocycles. The van der Waals surface area contributed by atoms with E-state index in [4.69, 9.17) is 19.8 Å². The fraction of sp³-hybridized carbons (Fsp3) is 0.846. The van der Waals surface area contributed by atoms with Crippen LogP contribution in [-0.2, 0) is 9.59 Å². The van der Waals surface area contributed by atoms with Crippen molar-refractivity contribution in [2.75, 3.05) is 0 Å². The monoisotopic (exact) mass is 280 g/mol. The van der Waals surface area contributed by atoms with Gasteiger partial charge in [0.1, 0.15) is 0 Å². The summed E-state index contributed by atoms with van der Waals surface area (Å²) in [7, 11) is 0. The molecule has 0 bridgehead atoms. The first kappa shape index (κ1) is 26.4. The molecule has 0 aromatic carbocycles. The third-order valence-corrected chi connectivity index (χ3v) is 2.00. The van der Waals surface area contributed by atoms with Gasteiger partial charge in [-0.25, -0.2) is 0 Å². The zero-order valence-electron chi connectivity index (χ0n) is 13.9. The quantitative estimate of drug-likeness (QED) is 0.687. The Kier molecular flexibility index (Phi) is 20.8. The molecular weight excluding hydrogens is 248 g/mol. The van der Waals surface area contributed by atoms with Gasteiger partial charge >= 0.3 is 0 Å². The SMILES string of the molecule is CC(=O)[O-].CC(=O)[O-].CC(C)[NH+](C(C)C)C(C)C.[NH4+]. The number of nitrogens with one attached hydrogen (secondary N) is 1. The number of aliphatic carboxylic acids is 2. The smallest absolute Gasteiger partial charge is 0.0821 e. The molecule has 0 fully saturated rings. The third-order valence-electron chi connectivity index (χ3n) is 2.00. The molecule has 5 N–H and O–H groups in total. The van der Waals surface area contributed by atoms with E-state index in [-0.39, 0.29) is 6.15 Å². The van der Waals surface area contributed by atoms with Gasteiger partial charge in [-0.3, -0.25) is 0 Å². The Morgan fingerprint density at radius 3 is 0.842 bits per heavy atom. The molecule has 0 spiro atoms. The summed E-state index contributed by atoms with van der Waals surface area (Å²) in [5.41, 5.74) is 0. The van der Waals surface area contributed by atoms with Crippen LogP contribution in [0.5, 0.6) is 0 Å². The van der Waals surface area contributed by atoms with Gasteiger partial charge in [0.05, 0.1) is 18.1 Å². The highest BCUT2D eigenvalue weighted by Crippen LogP contribution is 1.81. The molecule has 0 amide bonds. The second kappa shape index (κ2) is 14.9. The minimum atomic E-state index is -1.08. The second-order valence-electron chi connectivity index (χ2n) is 4.95. The van der Waals surface area contributed by atoms with E-state index in [1.54, 1.807) is 4.90 Å². The van der Waals surface area contributed by atoms with E-state index in [1.165, 1.54) is 0 Å². The van der Waals surface area contributed by atoms with Crippen molar-refractivity contribution in [3.63, 3.8) is 0 Å². The topological polar surface area (TPSA) is 121 Å². The molecule has 0 aliphatic carbocycles. The Labute approximate surface area is 117 Å². The predicted octanol–water partition coefficient (Wildman–Crippen LogP) is -1.01. The molecule has 6 nitrogen and oxygen atoms in total. The summed E-state index contributed by atoms with van der Waals surface area (Å²) >= 11 is 0. The maximum Gasteiger partial charge on any atom is 0.0821 e. The van der Waals surface area contributed by atoms with Crippen molar-refractivity contribution < 1.29 is 24.7 Å². The van der Waals surface area contributed by atoms with Gasteiger partial charge in [0.25, 0.3) is 0 Å². The number of hydrogen-bond donors (Lipinski definition) is 2. The molecular formula is C13H32N2O4. The number of rotatable bonds is 3. The van der Waals surface area contributed by atoms with Crippen LogP contribution in [0.2, 0.25) is 0 Å². The molecule has 0 aliphatic heterocycles. The Morgan fingerprint density at radius 1 is 0.737 bits per heavy atom. The minimum Gasteiger partial charge on any atom is -0.550 e. The molecule has 0 saturated heterocycles. The summed E-state index contributed by atoms with van der Waals surface area (Å²) in [5.74, 6) is -2.17. The summed E-state index contributed by atoms with van der Waals surface area (Å²) < 4.78 is 0. The minimum absolute atomic E-state index is 0. The molecule has 0 aliphatic rings. The van der Waals surface area contributed by atoms with Gasteiger partial charge < -0.3 is 30.9 Å². The maximum absolute atomic E-state index is 8.89. The van der Waals surface area contributed by atoms with Crippen molar-refractivity contribution in [3.8, 4) is 0 Å². The Balaban J connectivity index is -0.000000105. The molecule has 6 heteroatoms. The van der Waals surface area contributed by atoms with Gasteiger partial charge in [-0.15, -0.1) is 0 Å². The van der Waals surface area contributed by atoms with E-state index in [1.807, 2.05) is 0 Å². The van der Waals surface area contributed by atoms with Gasteiger partial charge in [0.2, 0.25) is 0 Å². The number of carboxylic acid groups (broad SMARTS) is 2. The predicted molar refractivity (Wildman–Crippen MR) is 73.7 cm³/mol.